The average Bonchev–Trinajstić information content (AvgIpc) is 3.04. The van der Waals surface area contributed by atoms with Crippen molar-refractivity contribution in [3.05, 3.63) is 29.8 Å². The lowest BCUT2D eigenvalue weighted by Crippen LogP contribution is -2.18. The minimum absolute atomic E-state index is 0.0188. The SMILES string of the molecule is CC(=O)Nc1ccccc1CNCC1CC1. The highest BCUT2D eigenvalue weighted by Gasteiger charge is 2.20. The lowest BCUT2D eigenvalue weighted by atomic mass is 10.1. The molecule has 0 saturated heterocycles. The van der Waals surface area contributed by atoms with E-state index in [1.54, 1.807) is 0 Å². The molecular formula is C13H18N2O. The van der Waals surface area contributed by atoms with Crippen LogP contribution >= 0.6 is 0 Å². The number of amides is 1. The predicted octanol–water partition coefficient (Wildman–Crippen LogP) is 2.14. The van der Waals surface area contributed by atoms with E-state index < -0.39 is 0 Å². The van der Waals surface area contributed by atoms with Crippen molar-refractivity contribution >= 4 is 11.6 Å². The second-order valence-corrected chi connectivity index (χ2v) is 4.41. The fourth-order valence-electron chi connectivity index (χ4n) is 1.72. The maximum absolute atomic E-state index is 11.0. The van der Waals surface area contributed by atoms with Crippen molar-refractivity contribution in [2.75, 3.05) is 11.9 Å². The van der Waals surface area contributed by atoms with Crippen molar-refractivity contribution in [3.63, 3.8) is 0 Å². The molecular weight excluding hydrogens is 200 g/mol. The molecule has 0 spiro atoms. The molecule has 1 aliphatic carbocycles. The van der Waals surface area contributed by atoms with Crippen molar-refractivity contribution in [1.82, 2.24) is 5.32 Å². The number of para-hydroxylation sites is 1. The van der Waals surface area contributed by atoms with E-state index in [0.717, 1.165) is 30.3 Å². The minimum atomic E-state index is -0.0188. The summed E-state index contributed by atoms with van der Waals surface area (Å²) in [5, 5.41) is 6.27. The van der Waals surface area contributed by atoms with Gasteiger partial charge in [0, 0.05) is 19.2 Å². The quantitative estimate of drug-likeness (QED) is 0.795. The van der Waals surface area contributed by atoms with Crippen LogP contribution in [0.4, 0.5) is 5.69 Å². The number of hydrogen-bond donors (Lipinski definition) is 2. The van der Waals surface area contributed by atoms with E-state index in [-0.39, 0.29) is 5.91 Å². The Labute approximate surface area is 96.2 Å². The van der Waals surface area contributed by atoms with Gasteiger partial charge in [-0.25, -0.2) is 0 Å². The zero-order valence-corrected chi connectivity index (χ0v) is 9.62. The van der Waals surface area contributed by atoms with E-state index >= 15 is 0 Å². The second-order valence-electron chi connectivity index (χ2n) is 4.41. The number of rotatable bonds is 5. The minimum Gasteiger partial charge on any atom is -0.326 e. The summed E-state index contributed by atoms with van der Waals surface area (Å²) in [6.45, 7) is 3.45. The fourth-order valence-corrected chi connectivity index (χ4v) is 1.72. The summed E-state index contributed by atoms with van der Waals surface area (Å²) in [6.07, 6.45) is 2.72. The smallest absolute Gasteiger partial charge is 0.221 e. The van der Waals surface area contributed by atoms with Gasteiger partial charge in [-0.1, -0.05) is 18.2 Å². The van der Waals surface area contributed by atoms with Crippen LogP contribution in [-0.4, -0.2) is 12.5 Å². The molecule has 1 saturated carbocycles. The molecule has 1 aliphatic rings. The Bertz CT molecular complexity index is 372. The Morgan fingerprint density at radius 3 is 2.81 bits per heavy atom. The second kappa shape index (κ2) is 5.12. The van der Waals surface area contributed by atoms with Crippen LogP contribution in [0, 0.1) is 5.92 Å². The first-order valence-corrected chi connectivity index (χ1v) is 5.82. The molecule has 0 radical (unpaired) electrons. The highest BCUT2D eigenvalue weighted by Crippen LogP contribution is 2.27. The summed E-state index contributed by atoms with van der Waals surface area (Å²) in [5.74, 6) is 0.863. The molecule has 1 aromatic carbocycles. The van der Waals surface area contributed by atoms with Crippen LogP contribution in [0.3, 0.4) is 0 Å². The van der Waals surface area contributed by atoms with Gasteiger partial charge in [-0.3, -0.25) is 4.79 Å². The zero-order chi connectivity index (χ0) is 11.4. The van der Waals surface area contributed by atoms with Crippen LogP contribution in [0.5, 0.6) is 0 Å². The molecule has 3 nitrogen and oxygen atoms in total. The standard InChI is InChI=1S/C13H18N2O/c1-10(16)15-13-5-3-2-4-12(13)9-14-8-11-6-7-11/h2-5,11,14H,6-9H2,1H3,(H,15,16). The molecule has 0 heterocycles. The predicted molar refractivity (Wildman–Crippen MR) is 65.2 cm³/mol. The topological polar surface area (TPSA) is 41.1 Å². The van der Waals surface area contributed by atoms with E-state index in [1.165, 1.54) is 19.8 Å². The third kappa shape index (κ3) is 3.35. The van der Waals surface area contributed by atoms with E-state index in [4.69, 9.17) is 0 Å². The van der Waals surface area contributed by atoms with Crippen molar-refractivity contribution in [2.24, 2.45) is 5.92 Å². The van der Waals surface area contributed by atoms with Gasteiger partial charge in [0.2, 0.25) is 5.91 Å². The normalized spacial score (nSPS) is 14.8. The van der Waals surface area contributed by atoms with E-state index in [2.05, 4.69) is 10.6 Å². The van der Waals surface area contributed by atoms with Gasteiger partial charge in [0.1, 0.15) is 0 Å². The molecule has 2 N–H and O–H groups in total. The highest BCUT2D eigenvalue weighted by atomic mass is 16.1. The lowest BCUT2D eigenvalue weighted by Gasteiger charge is -2.10. The number of carbonyl (C=O) groups excluding carboxylic acids is 1. The van der Waals surface area contributed by atoms with Crippen molar-refractivity contribution in [3.8, 4) is 0 Å². The summed E-state index contributed by atoms with van der Waals surface area (Å²) in [5.41, 5.74) is 2.07. The molecule has 0 bridgehead atoms. The van der Waals surface area contributed by atoms with Gasteiger partial charge in [0.15, 0.2) is 0 Å². The van der Waals surface area contributed by atoms with Crippen LogP contribution in [0.1, 0.15) is 25.3 Å². The molecule has 0 unspecified atom stereocenters. The lowest BCUT2D eigenvalue weighted by molar-refractivity contribution is -0.114. The third-order valence-electron chi connectivity index (χ3n) is 2.77. The van der Waals surface area contributed by atoms with E-state index in [1.807, 2.05) is 24.3 Å². The highest BCUT2D eigenvalue weighted by molar-refractivity contribution is 5.89. The number of anilines is 1. The molecule has 3 heteroatoms. The van der Waals surface area contributed by atoms with Gasteiger partial charge in [-0.05, 0) is 36.9 Å². The molecule has 2 rings (SSSR count). The number of benzene rings is 1. The van der Waals surface area contributed by atoms with Crippen molar-refractivity contribution < 1.29 is 4.79 Å². The summed E-state index contributed by atoms with van der Waals surface area (Å²) < 4.78 is 0. The van der Waals surface area contributed by atoms with E-state index in [9.17, 15) is 4.79 Å². The Hall–Kier alpha value is -1.35. The monoisotopic (exact) mass is 218 g/mol. The third-order valence-corrected chi connectivity index (χ3v) is 2.77. The maximum Gasteiger partial charge on any atom is 0.221 e. The fraction of sp³-hybridized carbons (Fsp3) is 0.462. The van der Waals surface area contributed by atoms with E-state index in [0.29, 0.717) is 0 Å². The summed E-state index contributed by atoms with van der Waals surface area (Å²) in [7, 11) is 0. The van der Waals surface area contributed by atoms with Crippen LogP contribution in [-0.2, 0) is 11.3 Å². The van der Waals surface area contributed by atoms with Crippen LogP contribution in [0.15, 0.2) is 24.3 Å². The molecule has 1 amide bonds. The van der Waals surface area contributed by atoms with Crippen LogP contribution < -0.4 is 10.6 Å². The average molecular weight is 218 g/mol. The first kappa shape index (κ1) is 11.1. The van der Waals surface area contributed by atoms with Gasteiger partial charge < -0.3 is 10.6 Å². The molecule has 86 valence electrons. The van der Waals surface area contributed by atoms with Crippen molar-refractivity contribution in [1.29, 1.82) is 0 Å². The van der Waals surface area contributed by atoms with Gasteiger partial charge in [0.25, 0.3) is 0 Å². The zero-order valence-electron chi connectivity index (χ0n) is 9.62. The number of nitrogens with one attached hydrogen (secondary N) is 2. The Morgan fingerprint density at radius 1 is 1.38 bits per heavy atom. The first-order valence-electron chi connectivity index (χ1n) is 5.82. The van der Waals surface area contributed by atoms with Gasteiger partial charge >= 0.3 is 0 Å². The first-order chi connectivity index (χ1) is 7.75. The largest absolute Gasteiger partial charge is 0.326 e. The van der Waals surface area contributed by atoms with Crippen LogP contribution in [0.2, 0.25) is 0 Å². The van der Waals surface area contributed by atoms with Crippen molar-refractivity contribution in [2.45, 2.75) is 26.3 Å². The van der Waals surface area contributed by atoms with Crippen LogP contribution in [0.25, 0.3) is 0 Å². The molecule has 0 atom stereocenters. The molecule has 1 aromatic rings. The number of carbonyl (C=O) groups is 1. The Morgan fingerprint density at radius 2 is 2.12 bits per heavy atom. The Balaban J connectivity index is 1.91. The summed E-state index contributed by atoms with van der Waals surface area (Å²) in [6, 6.07) is 7.93. The maximum atomic E-state index is 11.0. The number of hydrogen-bond acceptors (Lipinski definition) is 2. The molecule has 0 aromatic heterocycles. The van der Waals surface area contributed by atoms with Gasteiger partial charge in [-0.15, -0.1) is 0 Å². The summed E-state index contributed by atoms with van der Waals surface area (Å²) >= 11 is 0. The summed E-state index contributed by atoms with van der Waals surface area (Å²) in [4.78, 5) is 11.0. The molecule has 0 aliphatic heterocycles. The Kier molecular flexibility index (Phi) is 3.57. The van der Waals surface area contributed by atoms with Gasteiger partial charge in [0.05, 0.1) is 0 Å². The molecule has 1 fully saturated rings. The van der Waals surface area contributed by atoms with Gasteiger partial charge in [-0.2, -0.15) is 0 Å². The molecule has 16 heavy (non-hydrogen) atoms.